The molecule has 3 heteroatoms. The van der Waals surface area contributed by atoms with Crippen molar-refractivity contribution in [3.8, 4) is 0 Å². The van der Waals surface area contributed by atoms with Gasteiger partial charge in [0, 0.05) is 25.7 Å². The average molecular weight is 187 g/mol. The Balaban J connectivity index is 2.31. The Bertz CT molecular complexity index is 484. The Morgan fingerprint density at radius 3 is 3.36 bits per heavy atom. The maximum atomic E-state index is 4.64. The third-order valence-corrected chi connectivity index (χ3v) is 2.79. The van der Waals surface area contributed by atoms with E-state index in [0.29, 0.717) is 0 Å². The van der Waals surface area contributed by atoms with Crippen molar-refractivity contribution in [2.75, 3.05) is 6.54 Å². The molecule has 1 aliphatic rings. The fourth-order valence-corrected chi connectivity index (χ4v) is 2.05. The lowest BCUT2D eigenvalue weighted by molar-refractivity contribution is 0.621. The second-order valence-corrected chi connectivity index (χ2v) is 3.86. The van der Waals surface area contributed by atoms with E-state index in [1.807, 2.05) is 0 Å². The minimum absolute atomic E-state index is 0.944. The fraction of sp³-hybridized carbons (Fsp3) is 0.364. The monoisotopic (exact) mass is 187 g/mol. The Labute approximate surface area is 82.8 Å². The first kappa shape index (κ1) is 8.00. The van der Waals surface area contributed by atoms with Gasteiger partial charge in [-0.2, -0.15) is 0 Å². The quantitative estimate of drug-likeness (QED) is 0.673. The first-order valence-electron chi connectivity index (χ1n) is 5.02. The van der Waals surface area contributed by atoms with Gasteiger partial charge in [-0.15, -0.1) is 0 Å². The van der Waals surface area contributed by atoms with Crippen LogP contribution in [0, 0.1) is 6.92 Å². The summed E-state index contributed by atoms with van der Waals surface area (Å²) in [5.74, 6) is 0. The number of imidazole rings is 1. The summed E-state index contributed by atoms with van der Waals surface area (Å²) in [7, 11) is 0. The maximum Gasteiger partial charge on any atom is 0.137 e. The number of fused-ring (bicyclic) bond motifs is 3. The van der Waals surface area contributed by atoms with Crippen molar-refractivity contribution in [3.05, 3.63) is 35.3 Å². The molecule has 0 radical (unpaired) electrons. The standard InChI is InChI=1S/C11H13N3/c1-8-3-5-14-10-7-12-4-2-9(10)13-11(14)6-8/h3,5-6,12H,2,4,7H2,1H3. The van der Waals surface area contributed by atoms with Gasteiger partial charge < -0.3 is 9.72 Å². The van der Waals surface area contributed by atoms with Gasteiger partial charge in [0.25, 0.3) is 0 Å². The summed E-state index contributed by atoms with van der Waals surface area (Å²) in [5.41, 5.74) is 4.94. The summed E-state index contributed by atoms with van der Waals surface area (Å²) in [6, 6.07) is 4.27. The van der Waals surface area contributed by atoms with E-state index in [1.54, 1.807) is 0 Å². The highest BCUT2D eigenvalue weighted by atomic mass is 15.1. The van der Waals surface area contributed by atoms with Gasteiger partial charge in [0.15, 0.2) is 0 Å². The smallest absolute Gasteiger partial charge is 0.137 e. The van der Waals surface area contributed by atoms with E-state index in [2.05, 4.69) is 40.0 Å². The molecule has 3 nitrogen and oxygen atoms in total. The van der Waals surface area contributed by atoms with Crippen LogP contribution in [0.2, 0.25) is 0 Å². The van der Waals surface area contributed by atoms with Gasteiger partial charge in [-0.3, -0.25) is 0 Å². The summed E-state index contributed by atoms with van der Waals surface area (Å²) < 4.78 is 2.19. The number of aryl methyl sites for hydroxylation is 1. The summed E-state index contributed by atoms with van der Waals surface area (Å²) in [5, 5.41) is 3.37. The van der Waals surface area contributed by atoms with Crippen molar-refractivity contribution in [2.24, 2.45) is 0 Å². The molecule has 0 unspecified atom stereocenters. The van der Waals surface area contributed by atoms with E-state index >= 15 is 0 Å². The van der Waals surface area contributed by atoms with E-state index in [-0.39, 0.29) is 0 Å². The molecule has 2 aromatic rings. The number of aromatic nitrogens is 2. The normalized spacial score (nSPS) is 15.8. The van der Waals surface area contributed by atoms with Gasteiger partial charge in [0.05, 0.1) is 11.4 Å². The molecule has 0 amide bonds. The van der Waals surface area contributed by atoms with E-state index in [4.69, 9.17) is 0 Å². The Morgan fingerprint density at radius 2 is 2.43 bits per heavy atom. The predicted molar refractivity (Wildman–Crippen MR) is 55.3 cm³/mol. The van der Waals surface area contributed by atoms with Gasteiger partial charge in [-0.25, -0.2) is 4.98 Å². The maximum absolute atomic E-state index is 4.64. The topological polar surface area (TPSA) is 29.3 Å². The van der Waals surface area contributed by atoms with Gasteiger partial charge in [0.2, 0.25) is 0 Å². The lowest BCUT2D eigenvalue weighted by atomic mass is 10.2. The zero-order valence-corrected chi connectivity index (χ0v) is 8.25. The predicted octanol–water partition coefficient (Wildman–Crippen LogP) is 1.29. The van der Waals surface area contributed by atoms with Gasteiger partial charge >= 0.3 is 0 Å². The second-order valence-electron chi connectivity index (χ2n) is 3.86. The highest BCUT2D eigenvalue weighted by molar-refractivity contribution is 5.46. The van der Waals surface area contributed by atoms with Crippen LogP contribution in [0.15, 0.2) is 18.3 Å². The van der Waals surface area contributed by atoms with Crippen molar-refractivity contribution in [2.45, 2.75) is 19.9 Å². The number of nitrogens with zero attached hydrogens (tertiary/aromatic N) is 2. The zero-order valence-electron chi connectivity index (χ0n) is 8.25. The number of pyridine rings is 1. The molecule has 0 spiro atoms. The Kier molecular flexibility index (Phi) is 1.61. The Hall–Kier alpha value is -1.35. The Morgan fingerprint density at radius 1 is 1.50 bits per heavy atom. The lowest BCUT2D eigenvalue weighted by Gasteiger charge is -2.11. The third kappa shape index (κ3) is 1.06. The average Bonchev–Trinajstić information content (AvgIpc) is 2.54. The molecule has 0 aliphatic carbocycles. The van der Waals surface area contributed by atoms with Crippen LogP contribution in [0.4, 0.5) is 0 Å². The van der Waals surface area contributed by atoms with E-state index in [9.17, 15) is 0 Å². The van der Waals surface area contributed by atoms with Crippen LogP contribution in [-0.4, -0.2) is 15.9 Å². The molecule has 0 aromatic carbocycles. The molecule has 72 valence electrons. The van der Waals surface area contributed by atoms with Gasteiger partial charge in [-0.1, -0.05) is 0 Å². The summed E-state index contributed by atoms with van der Waals surface area (Å²) in [4.78, 5) is 4.64. The van der Waals surface area contributed by atoms with E-state index in [0.717, 1.165) is 25.2 Å². The van der Waals surface area contributed by atoms with Gasteiger partial charge in [-0.05, 0) is 24.6 Å². The number of rotatable bonds is 0. The molecular weight excluding hydrogens is 174 g/mol. The molecule has 2 aromatic heterocycles. The summed E-state index contributed by atoms with van der Waals surface area (Å²) >= 11 is 0. The van der Waals surface area contributed by atoms with Crippen molar-refractivity contribution >= 4 is 5.65 Å². The zero-order chi connectivity index (χ0) is 9.54. The molecule has 0 saturated carbocycles. The second kappa shape index (κ2) is 2.82. The van der Waals surface area contributed by atoms with E-state index in [1.165, 1.54) is 17.0 Å². The number of hydrogen-bond donors (Lipinski definition) is 1. The minimum atomic E-state index is 0.944. The van der Waals surface area contributed by atoms with Crippen LogP contribution in [-0.2, 0) is 13.0 Å². The highest BCUT2D eigenvalue weighted by Gasteiger charge is 2.14. The van der Waals surface area contributed by atoms with Crippen LogP contribution in [0.25, 0.3) is 5.65 Å². The molecule has 14 heavy (non-hydrogen) atoms. The first-order valence-corrected chi connectivity index (χ1v) is 5.02. The molecule has 0 saturated heterocycles. The molecule has 1 N–H and O–H groups in total. The van der Waals surface area contributed by atoms with E-state index < -0.39 is 0 Å². The summed E-state index contributed by atoms with van der Waals surface area (Å²) in [6.07, 6.45) is 3.17. The third-order valence-electron chi connectivity index (χ3n) is 2.79. The molecule has 0 atom stereocenters. The molecule has 0 fully saturated rings. The summed E-state index contributed by atoms with van der Waals surface area (Å²) in [6.45, 7) is 4.10. The SMILES string of the molecule is Cc1ccn2c3c(nc2c1)CCNC3. The fourth-order valence-electron chi connectivity index (χ4n) is 2.05. The van der Waals surface area contributed by atoms with Crippen LogP contribution >= 0.6 is 0 Å². The minimum Gasteiger partial charge on any atom is -0.311 e. The van der Waals surface area contributed by atoms with Crippen LogP contribution in [0.5, 0.6) is 0 Å². The van der Waals surface area contributed by atoms with Crippen molar-refractivity contribution in [3.63, 3.8) is 0 Å². The largest absolute Gasteiger partial charge is 0.311 e. The number of hydrogen-bond acceptors (Lipinski definition) is 2. The molecule has 3 heterocycles. The molecule has 0 bridgehead atoms. The highest BCUT2D eigenvalue weighted by Crippen LogP contribution is 2.16. The van der Waals surface area contributed by atoms with Crippen molar-refractivity contribution in [1.82, 2.24) is 14.7 Å². The van der Waals surface area contributed by atoms with Crippen molar-refractivity contribution in [1.29, 1.82) is 0 Å². The van der Waals surface area contributed by atoms with Crippen LogP contribution < -0.4 is 5.32 Å². The lowest BCUT2D eigenvalue weighted by Crippen LogP contribution is -2.24. The molecule has 1 aliphatic heterocycles. The van der Waals surface area contributed by atoms with Crippen LogP contribution in [0.1, 0.15) is 17.0 Å². The molecule has 3 rings (SSSR count). The van der Waals surface area contributed by atoms with Gasteiger partial charge in [0.1, 0.15) is 5.65 Å². The van der Waals surface area contributed by atoms with Crippen molar-refractivity contribution < 1.29 is 0 Å². The molecular formula is C11H13N3. The number of nitrogens with one attached hydrogen (secondary N) is 1. The van der Waals surface area contributed by atoms with Crippen LogP contribution in [0.3, 0.4) is 0 Å². The first-order chi connectivity index (χ1) is 6.84.